The fraction of sp³-hybridized carbons (Fsp3) is 0.667. The molecule has 1 atom stereocenters. The first-order valence-corrected chi connectivity index (χ1v) is 4.41. The van der Waals surface area contributed by atoms with Crippen molar-refractivity contribution in [3.05, 3.63) is 11.3 Å². The largest absolute Gasteiger partial charge is 0.449 e. The van der Waals surface area contributed by atoms with Gasteiger partial charge in [0.25, 0.3) is 0 Å². The summed E-state index contributed by atoms with van der Waals surface area (Å²) in [6, 6.07) is 0.381. The quantitative estimate of drug-likeness (QED) is 0.558. The maximum absolute atomic E-state index is 11.1. The number of carbonyl (C=O) groups excluding carboxylic acids is 1. The molecule has 0 spiro atoms. The third-order valence-electron chi connectivity index (χ3n) is 2.60. The lowest BCUT2D eigenvalue weighted by Crippen LogP contribution is -2.22. The smallest absolute Gasteiger partial charge is 0.414 e. The summed E-state index contributed by atoms with van der Waals surface area (Å²) in [6.07, 6.45) is 1.84. The van der Waals surface area contributed by atoms with Crippen LogP contribution in [0.5, 0.6) is 0 Å². The van der Waals surface area contributed by atoms with Gasteiger partial charge in [0.2, 0.25) is 0 Å². The van der Waals surface area contributed by atoms with E-state index in [9.17, 15) is 4.79 Å². The number of hydrogen-bond acceptors (Lipinski definition) is 2. The Kier molecular flexibility index (Phi) is 1.60. The van der Waals surface area contributed by atoms with Crippen molar-refractivity contribution in [2.75, 3.05) is 6.61 Å². The van der Waals surface area contributed by atoms with Gasteiger partial charge in [0.05, 0.1) is 12.6 Å². The summed E-state index contributed by atoms with van der Waals surface area (Å²) in [4.78, 5) is 12.9. The highest BCUT2D eigenvalue weighted by molar-refractivity contribution is 5.77. The molecular weight excluding hydrogens is 154 g/mol. The topological polar surface area (TPSA) is 29.3 Å². The number of hydrogen-bond donors (Lipinski definition) is 0. The van der Waals surface area contributed by atoms with Crippen LogP contribution in [-0.2, 0) is 4.74 Å². The van der Waals surface area contributed by atoms with E-state index in [1.54, 1.807) is 4.90 Å². The molecule has 2 aliphatic rings. The van der Waals surface area contributed by atoms with E-state index in [0.717, 1.165) is 12.8 Å². The average Bonchev–Trinajstić information content (AvgIpc) is 2.79. The number of carbonyl (C=O) groups is 1. The Bertz CT molecular complexity index is 257. The SMILES string of the molecule is CCC(C)=C1[C@@H]2CCOC(=O)N12. The van der Waals surface area contributed by atoms with Gasteiger partial charge >= 0.3 is 6.09 Å². The molecule has 2 saturated heterocycles. The Balaban J connectivity index is 2.20. The highest BCUT2D eigenvalue weighted by atomic mass is 16.6. The summed E-state index contributed by atoms with van der Waals surface area (Å²) >= 11 is 0. The highest BCUT2D eigenvalue weighted by Crippen LogP contribution is 2.41. The average molecular weight is 167 g/mol. The van der Waals surface area contributed by atoms with Crippen molar-refractivity contribution in [1.82, 2.24) is 4.90 Å². The van der Waals surface area contributed by atoms with Gasteiger partial charge in [-0.1, -0.05) is 12.5 Å². The molecule has 0 radical (unpaired) electrons. The van der Waals surface area contributed by atoms with Crippen molar-refractivity contribution in [3.63, 3.8) is 0 Å². The molecule has 2 fully saturated rings. The molecule has 0 saturated carbocycles. The predicted molar refractivity (Wildman–Crippen MR) is 44.6 cm³/mol. The molecule has 3 nitrogen and oxygen atoms in total. The number of ether oxygens (including phenoxy) is 1. The standard InChI is InChI=1S/C9H13NO2/c1-3-6(2)8-7-4-5-12-9(11)10(7)8/h7H,3-5H2,1-2H3/t7-,10?/m0/s1. The summed E-state index contributed by atoms with van der Waals surface area (Å²) in [5, 5.41) is 0. The normalized spacial score (nSPS) is 31.0. The van der Waals surface area contributed by atoms with Crippen LogP contribution in [0.15, 0.2) is 11.3 Å². The second-order valence-electron chi connectivity index (χ2n) is 3.31. The fourth-order valence-corrected chi connectivity index (χ4v) is 1.73. The van der Waals surface area contributed by atoms with Crippen molar-refractivity contribution < 1.29 is 9.53 Å². The van der Waals surface area contributed by atoms with Crippen molar-refractivity contribution in [2.45, 2.75) is 32.7 Å². The Labute approximate surface area is 72.0 Å². The molecule has 66 valence electrons. The second-order valence-corrected chi connectivity index (χ2v) is 3.31. The molecule has 2 heterocycles. The van der Waals surface area contributed by atoms with Gasteiger partial charge in [-0.25, -0.2) is 4.79 Å². The summed E-state index contributed by atoms with van der Waals surface area (Å²) in [6.45, 7) is 4.78. The summed E-state index contributed by atoms with van der Waals surface area (Å²) in [5.41, 5.74) is 2.53. The van der Waals surface area contributed by atoms with E-state index in [4.69, 9.17) is 4.74 Å². The molecule has 12 heavy (non-hydrogen) atoms. The van der Waals surface area contributed by atoms with Crippen molar-refractivity contribution >= 4 is 6.09 Å². The molecule has 3 heteroatoms. The van der Waals surface area contributed by atoms with E-state index in [1.165, 1.54) is 11.3 Å². The Morgan fingerprint density at radius 2 is 2.50 bits per heavy atom. The van der Waals surface area contributed by atoms with Gasteiger partial charge in [-0.05, 0) is 13.3 Å². The molecule has 0 bridgehead atoms. The lowest BCUT2D eigenvalue weighted by atomic mass is 10.2. The lowest BCUT2D eigenvalue weighted by Gasteiger charge is -2.09. The minimum Gasteiger partial charge on any atom is -0.449 e. The van der Waals surface area contributed by atoms with Crippen LogP contribution in [0.25, 0.3) is 0 Å². The van der Waals surface area contributed by atoms with E-state index >= 15 is 0 Å². The van der Waals surface area contributed by atoms with Gasteiger partial charge < -0.3 is 4.74 Å². The molecule has 0 aromatic rings. The fourth-order valence-electron chi connectivity index (χ4n) is 1.73. The number of cyclic esters (lactones) is 1. The van der Waals surface area contributed by atoms with E-state index in [2.05, 4.69) is 13.8 Å². The van der Waals surface area contributed by atoms with Crippen LogP contribution in [-0.4, -0.2) is 23.6 Å². The van der Waals surface area contributed by atoms with Crippen LogP contribution in [0.3, 0.4) is 0 Å². The molecule has 0 aromatic carbocycles. The van der Waals surface area contributed by atoms with Gasteiger partial charge in [-0.2, -0.15) is 0 Å². The van der Waals surface area contributed by atoms with E-state index in [-0.39, 0.29) is 6.09 Å². The molecule has 2 rings (SSSR count). The Morgan fingerprint density at radius 3 is 3.08 bits per heavy atom. The van der Waals surface area contributed by atoms with Gasteiger partial charge in [-0.15, -0.1) is 0 Å². The molecule has 0 N–H and O–H groups in total. The second kappa shape index (κ2) is 2.51. The first kappa shape index (κ1) is 7.65. The predicted octanol–water partition coefficient (Wildman–Crippen LogP) is 1.89. The minimum atomic E-state index is -0.158. The van der Waals surface area contributed by atoms with E-state index in [1.807, 2.05) is 0 Å². The molecular formula is C9H13NO2. The van der Waals surface area contributed by atoms with Crippen LogP contribution in [0, 0.1) is 0 Å². The number of allylic oxidation sites excluding steroid dienone is 1. The summed E-state index contributed by atoms with van der Waals surface area (Å²) in [5.74, 6) is 0. The van der Waals surface area contributed by atoms with Crippen LogP contribution in [0.2, 0.25) is 0 Å². The Morgan fingerprint density at radius 1 is 1.75 bits per heavy atom. The number of fused-ring (bicyclic) bond motifs is 1. The third-order valence-corrected chi connectivity index (χ3v) is 2.60. The summed E-state index contributed by atoms with van der Waals surface area (Å²) in [7, 11) is 0. The van der Waals surface area contributed by atoms with E-state index < -0.39 is 0 Å². The van der Waals surface area contributed by atoms with Crippen LogP contribution in [0.1, 0.15) is 26.7 Å². The zero-order chi connectivity index (χ0) is 8.72. The first-order valence-electron chi connectivity index (χ1n) is 4.41. The molecule has 0 aliphatic carbocycles. The monoisotopic (exact) mass is 167 g/mol. The van der Waals surface area contributed by atoms with Crippen molar-refractivity contribution in [2.24, 2.45) is 0 Å². The maximum Gasteiger partial charge on any atom is 0.414 e. The van der Waals surface area contributed by atoms with Crippen LogP contribution >= 0.6 is 0 Å². The lowest BCUT2D eigenvalue weighted by molar-refractivity contribution is 0.111. The van der Waals surface area contributed by atoms with Gasteiger partial charge in [0, 0.05) is 12.1 Å². The van der Waals surface area contributed by atoms with Crippen molar-refractivity contribution in [1.29, 1.82) is 0 Å². The van der Waals surface area contributed by atoms with Gasteiger partial charge in [-0.3, -0.25) is 4.90 Å². The van der Waals surface area contributed by atoms with Crippen molar-refractivity contribution in [3.8, 4) is 0 Å². The summed E-state index contributed by atoms with van der Waals surface area (Å²) < 4.78 is 4.91. The molecule has 0 aromatic heterocycles. The number of rotatable bonds is 1. The van der Waals surface area contributed by atoms with E-state index in [0.29, 0.717) is 12.6 Å². The zero-order valence-corrected chi connectivity index (χ0v) is 7.46. The number of amides is 1. The maximum atomic E-state index is 11.1. The minimum absolute atomic E-state index is 0.158. The van der Waals surface area contributed by atoms with Crippen LogP contribution in [0.4, 0.5) is 4.79 Å². The molecule has 2 aliphatic heterocycles. The number of nitrogens with zero attached hydrogens (tertiary/aromatic N) is 1. The van der Waals surface area contributed by atoms with Gasteiger partial charge in [0.15, 0.2) is 0 Å². The molecule has 1 amide bonds. The molecule has 0 unspecified atom stereocenters. The third kappa shape index (κ3) is 0.924. The highest BCUT2D eigenvalue weighted by Gasteiger charge is 2.49. The van der Waals surface area contributed by atoms with Gasteiger partial charge in [0.1, 0.15) is 0 Å². The zero-order valence-electron chi connectivity index (χ0n) is 7.46. The Hall–Kier alpha value is -0.990. The first-order chi connectivity index (χ1) is 5.75. The van der Waals surface area contributed by atoms with Crippen LogP contribution < -0.4 is 0 Å².